The van der Waals surface area contributed by atoms with E-state index in [1.807, 2.05) is 4.90 Å². The first kappa shape index (κ1) is 12.3. The number of nitrogens with two attached hydrogens (primary N) is 1. The molecule has 0 bridgehead atoms. The van der Waals surface area contributed by atoms with Crippen LogP contribution in [0, 0.1) is 0 Å². The van der Waals surface area contributed by atoms with Gasteiger partial charge in [-0.25, -0.2) is 4.79 Å². The number of rotatable bonds is 3. The topological polar surface area (TPSA) is 61.6 Å². The number of carbonyl (C=O) groups is 1. The first-order valence-electron chi connectivity index (χ1n) is 5.54. The predicted octanol–water partition coefficient (Wildman–Crippen LogP) is -0.319. The number of urea groups is 1. The number of nitrogens with one attached hydrogen (secondary N) is 1. The average Bonchev–Trinajstić information content (AvgIpc) is 2.26. The fraction of sp³-hybridized carbons (Fsp3) is 0.900. The normalized spacial score (nSPS) is 18.3. The molecule has 5 nitrogen and oxygen atoms in total. The molecule has 0 saturated carbocycles. The van der Waals surface area contributed by atoms with Gasteiger partial charge in [0, 0.05) is 32.2 Å². The highest BCUT2D eigenvalue weighted by Crippen LogP contribution is 2.13. The van der Waals surface area contributed by atoms with Crippen LogP contribution in [0.1, 0.15) is 12.8 Å². The highest BCUT2D eigenvalue weighted by Gasteiger charge is 2.23. The molecular weight excluding hydrogens is 192 g/mol. The summed E-state index contributed by atoms with van der Waals surface area (Å²) in [6.45, 7) is 2.75. The molecule has 0 aromatic rings. The van der Waals surface area contributed by atoms with E-state index in [-0.39, 0.29) is 6.03 Å². The summed E-state index contributed by atoms with van der Waals surface area (Å²) in [5, 5.41) is 2.79. The van der Waals surface area contributed by atoms with Crippen molar-refractivity contribution in [2.45, 2.75) is 18.9 Å². The van der Waals surface area contributed by atoms with E-state index in [9.17, 15) is 4.79 Å². The quantitative estimate of drug-likeness (QED) is 0.677. The van der Waals surface area contributed by atoms with Gasteiger partial charge in [-0.1, -0.05) is 0 Å². The van der Waals surface area contributed by atoms with Gasteiger partial charge in [-0.05, 0) is 26.9 Å². The number of carbonyl (C=O) groups excluding carboxylic acids is 1. The maximum absolute atomic E-state index is 11.6. The monoisotopic (exact) mass is 214 g/mol. The molecule has 1 saturated heterocycles. The number of hydrogen-bond acceptors (Lipinski definition) is 3. The molecule has 0 spiro atoms. The third kappa shape index (κ3) is 3.68. The lowest BCUT2D eigenvalue weighted by Crippen LogP contribution is -2.48. The van der Waals surface area contributed by atoms with E-state index in [4.69, 9.17) is 5.73 Å². The van der Waals surface area contributed by atoms with Gasteiger partial charge in [-0.15, -0.1) is 0 Å². The van der Waals surface area contributed by atoms with Crippen molar-refractivity contribution in [1.82, 2.24) is 15.1 Å². The van der Waals surface area contributed by atoms with Gasteiger partial charge in [0.2, 0.25) is 0 Å². The SMILES string of the molecule is CN(C)C1CCN(C(=O)NCCN)CC1. The zero-order valence-electron chi connectivity index (χ0n) is 9.70. The number of piperidine rings is 1. The molecule has 0 aromatic carbocycles. The number of nitrogens with zero attached hydrogens (tertiary/aromatic N) is 2. The largest absolute Gasteiger partial charge is 0.337 e. The molecule has 0 unspecified atom stereocenters. The molecule has 5 heteroatoms. The average molecular weight is 214 g/mol. The first-order chi connectivity index (χ1) is 7.15. The van der Waals surface area contributed by atoms with Crippen molar-refractivity contribution in [2.75, 3.05) is 40.3 Å². The summed E-state index contributed by atoms with van der Waals surface area (Å²) in [6, 6.07) is 0.640. The molecule has 0 aromatic heterocycles. The van der Waals surface area contributed by atoms with Crippen molar-refractivity contribution in [3.63, 3.8) is 0 Å². The summed E-state index contributed by atoms with van der Waals surface area (Å²) in [5.74, 6) is 0. The third-order valence-corrected chi connectivity index (χ3v) is 2.90. The van der Waals surface area contributed by atoms with Crippen molar-refractivity contribution < 1.29 is 4.79 Å². The Labute approximate surface area is 91.6 Å². The van der Waals surface area contributed by atoms with Crippen molar-refractivity contribution >= 4 is 6.03 Å². The fourth-order valence-electron chi connectivity index (χ4n) is 1.88. The Hall–Kier alpha value is -0.810. The van der Waals surface area contributed by atoms with Crippen molar-refractivity contribution in [1.29, 1.82) is 0 Å². The maximum Gasteiger partial charge on any atom is 0.317 e. The van der Waals surface area contributed by atoms with Crippen LogP contribution in [-0.2, 0) is 0 Å². The van der Waals surface area contributed by atoms with E-state index in [1.54, 1.807) is 0 Å². The third-order valence-electron chi connectivity index (χ3n) is 2.90. The maximum atomic E-state index is 11.6. The van der Waals surface area contributed by atoms with E-state index in [1.165, 1.54) is 0 Å². The number of likely N-dealkylation sites (tertiary alicyclic amines) is 1. The van der Waals surface area contributed by atoms with E-state index in [0.29, 0.717) is 19.1 Å². The summed E-state index contributed by atoms with van der Waals surface area (Å²) in [6.07, 6.45) is 2.12. The molecular formula is C10H22N4O. The lowest BCUT2D eigenvalue weighted by atomic mass is 10.0. The van der Waals surface area contributed by atoms with E-state index < -0.39 is 0 Å². The van der Waals surface area contributed by atoms with Crippen molar-refractivity contribution in [3.05, 3.63) is 0 Å². The summed E-state index contributed by atoms with van der Waals surface area (Å²) in [4.78, 5) is 15.7. The molecule has 15 heavy (non-hydrogen) atoms. The second-order valence-corrected chi connectivity index (χ2v) is 4.20. The Morgan fingerprint density at radius 2 is 2.07 bits per heavy atom. The van der Waals surface area contributed by atoms with E-state index in [0.717, 1.165) is 25.9 Å². The van der Waals surface area contributed by atoms with Gasteiger partial charge in [0.05, 0.1) is 0 Å². The van der Waals surface area contributed by atoms with Gasteiger partial charge in [0.15, 0.2) is 0 Å². The highest BCUT2D eigenvalue weighted by molar-refractivity contribution is 5.74. The Balaban J connectivity index is 2.27. The molecule has 1 heterocycles. The van der Waals surface area contributed by atoms with Crippen LogP contribution in [0.15, 0.2) is 0 Å². The zero-order valence-corrected chi connectivity index (χ0v) is 9.70. The van der Waals surface area contributed by atoms with Gasteiger partial charge < -0.3 is 20.9 Å². The zero-order chi connectivity index (χ0) is 11.3. The molecule has 0 radical (unpaired) electrons. The molecule has 3 N–H and O–H groups in total. The van der Waals surface area contributed by atoms with Crippen molar-refractivity contribution in [2.24, 2.45) is 5.73 Å². The number of amides is 2. The Bertz CT molecular complexity index is 200. The smallest absolute Gasteiger partial charge is 0.317 e. The predicted molar refractivity (Wildman–Crippen MR) is 60.7 cm³/mol. The van der Waals surface area contributed by atoms with Crippen LogP contribution < -0.4 is 11.1 Å². The molecule has 0 atom stereocenters. The summed E-state index contributed by atoms with van der Waals surface area (Å²) >= 11 is 0. The van der Waals surface area contributed by atoms with Crippen LogP contribution in [-0.4, -0.2) is 62.1 Å². The van der Waals surface area contributed by atoms with Crippen LogP contribution in [0.25, 0.3) is 0 Å². The van der Waals surface area contributed by atoms with Crippen LogP contribution in [0.5, 0.6) is 0 Å². The van der Waals surface area contributed by atoms with Gasteiger partial charge in [0.25, 0.3) is 0 Å². The van der Waals surface area contributed by atoms with Crippen LogP contribution in [0.2, 0.25) is 0 Å². The molecule has 88 valence electrons. The van der Waals surface area contributed by atoms with Crippen LogP contribution >= 0.6 is 0 Å². The molecule has 1 aliphatic rings. The van der Waals surface area contributed by atoms with Crippen LogP contribution in [0.4, 0.5) is 4.79 Å². The molecule has 1 rings (SSSR count). The first-order valence-corrected chi connectivity index (χ1v) is 5.54. The number of hydrogen-bond donors (Lipinski definition) is 2. The van der Waals surface area contributed by atoms with Crippen LogP contribution in [0.3, 0.4) is 0 Å². The van der Waals surface area contributed by atoms with Gasteiger partial charge in [0.1, 0.15) is 0 Å². The van der Waals surface area contributed by atoms with Gasteiger partial charge >= 0.3 is 6.03 Å². The van der Waals surface area contributed by atoms with Gasteiger partial charge in [-0.3, -0.25) is 0 Å². The van der Waals surface area contributed by atoms with E-state index in [2.05, 4.69) is 24.3 Å². The molecule has 2 amide bonds. The van der Waals surface area contributed by atoms with Gasteiger partial charge in [-0.2, -0.15) is 0 Å². The standard InChI is InChI=1S/C10H22N4O/c1-13(2)9-3-7-14(8-4-9)10(15)12-6-5-11/h9H,3-8,11H2,1-2H3,(H,12,15). The second kappa shape index (κ2) is 5.92. The second-order valence-electron chi connectivity index (χ2n) is 4.20. The Morgan fingerprint density at radius 3 is 2.53 bits per heavy atom. The summed E-state index contributed by atoms with van der Waals surface area (Å²) in [5.41, 5.74) is 5.33. The lowest BCUT2D eigenvalue weighted by molar-refractivity contribution is 0.148. The lowest BCUT2D eigenvalue weighted by Gasteiger charge is -2.35. The Morgan fingerprint density at radius 1 is 1.47 bits per heavy atom. The molecule has 1 fully saturated rings. The fourth-order valence-corrected chi connectivity index (χ4v) is 1.88. The summed E-state index contributed by atoms with van der Waals surface area (Å²) in [7, 11) is 4.18. The highest BCUT2D eigenvalue weighted by atomic mass is 16.2. The Kier molecular flexibility index (Phi) is 4.84. The summed E-state index contributed by atoms with van der Waals surface area (Å²) < 4.78 is 0. The minimum Gasteiger partial charge on any atom is -0.337 e. The minimum atomic E-state index is 0.0256. The van der Waals surface area contributed by atoms with E-state index >= 15 is 0 Å². The molecule has 1 aliphatic heterocycles. The van der Waals surface area contributed by atoms with Crippen molar-refractivity contribution in [3.8, 4) is 0 Å². The minimum absolute atomic E-state index is 0.0256. The molecule has 0 aliphatic carbocycles.